The van der Waals surface area contributed by atoms with Gasteiger partial charge in [-0.15, -0.1) is 0 Å². The van der Waals surface area contributed by atoms with Gasteiger partial charge in [-0.25, -0.2) is 0 Å². The predicted octanol–water partition coefficient (Wildman–Crippen LogP) is 4.29. The normalized spacial score (nSPS) is 40.0. The molecule has 0 spiro atoms. The maximum absolute atomic E-state index is 12.3. The number of hydrogen-bond donors (Lipinski definition) is 0. The second-order valence-electron chi connectivity index (χ2n) is 8.06. The number of allylic oxidation sites excluding steroid dienone is 1. The van der Waals surface area contributed by atoms with Crippen molar-refractivity contribution in [3.63, 3.8) is 0 Å². The van der Waals surface area contributed by atoms with Crippen LogP contribution in [0.3, 0.4) is 0 Å². The van der Waals surface area contributed by atoms with Crippen LogP contribution in [0.15, 0.2) is 11.6 Å². The summed E-state index contributed by atoms with van der Waals surface area (Å²) in [4.78, 5) is 23.9. The quantitative estimate of drug-likeness (QED) is 0.448. The van der Waals surface area contributed by atoms with Crippen LogP contribution in [0.4, 0.5) is 0 Å². The first-order valence-electron chi connectivity index (χ1n) is 9.27. The summed E-state index contributed by atoms with van der Waals surface area (Å²) in [6, 6.07) is 0. The van der Waals surface area contributed by atoms with Crippen LogP contribution in [-0.2, 0) is 9.59 Å². The molecule has 4 aliphatic rings. The lowest BCUT2D eigenvalue weighted by Gasteiger charge is -2.52. The first-order valence-corrected chi connectivity index (χ1v) is 13.9. The van der Waals surface area contributed by atoms with Gasteiger partial charge in [0.05, 0.1) is 0 Å². The molecular formula is C20H25BrMgO2. The number of rotatable bonds is 0. The molecule has 0 radical (unpaired) electrons. The highest BCUT2D eigenvalue weighted by atomic mass is 79.9. The second-order valence-corrected chi connectivity index (χ2v) is 10.4. The van der Waals surface area contributed by atoms with E-state index in [2.05, 4.69) is 23.9 Å². The van der Waals surface area contributed by atoms with Crippen LogP contribution in [0.1, 0.15) is 58.3 Å². The minimum absolute atomic E-state index is 0.00707. The largest absolute Gasteiger partial charge is 0.568 e. The van der Waals surface area contributed by atoms with Gasteiger partial charge in [-0.05, 0) is 68.3 Å². The fraction of sp³-hybridized carbons (Fsp3) is 0.700. The van der Waals surface area contributed by atoms with Gasteiger partial charge in [0.15, 0.2) is 5.78 Å². The van der Waals surface area contributed by atoms with Crippen LogP contribution in [0.2, 0.25) is 0 Å². The molecule has 0 aromatic heterocycles. The molecule has 0 saturated heterocycles. The molecule has 24 heavy (non-hydrogen) atoms. The second kappa shape index (κ2) is 7.64. The molecular weight excluding hydrogens is 376 g/mol. The van der Waals surface area contributed by atoms with Crippen LogP contribution in [0.5, 0.6) is 0 Å². The van der Waals surface area contributed by atoms with E-state index >= 15 is 0 Å². The van der Waals surface area contributed by atoms with Gasteiger partial charge in [0.25, 0.3) is 0 Å². The highest BCUT2D eigenvalue weighted by Gasteiger charge is 2.55. The molecule has 0 N–H and O–H groups in total. The van der Waals surface area contributed by atoms with E-state index in [0.717, 1.165) is 50.4 Å². The Morgan fingerprint density at radius 1 is 1.17 bits per heavy atom. The third-order valence-electron chi connectivity index (χ3n) is 7.09. The van der Waals surface area contributed by atoms with Crippen molar-refractivity contribution in [1.82, 2.24) is 0 Å². The van der Waals surface area contributed by atoms with Crippen LogP contribution >= 0.6 is 12.9 Å². The molecule has 0 aromatic carbocycles. The Morgan fingerprint density at radius 2 is 1.92 bits per heavy atom. The molecule has 4 rings (SSSR count). The van der Waals surface area contributed by atoms with Crippen LogP contribution in [0, 0.1) is 39.6 Å². The summed E-state index contributed by atoms with van der Waals surface area (Å²) < 4.78 is 2.49. The Bertz CT molecular complexity index is 605. The number of hydrogen-bond acceptors (Lipinski definition) is 2. The van der Waals surface area contributed by atoms with Crippen LogP contribution in [-0.4, -0.2) is 29.8 Å². The smallest absolute Gasteiger partial charge is 0.299 e. The molecule has 4 unspecified atom stereocenters. The Morgan fingerprint density at radius 3 is 2.62 bits per heavy atom. The Kier molecular flexibility index (Phi) is 5.94. The summed E-state index contributed by atoms with van der Waals surface area (Å²) in [6.45, 7) is 2.24. The molecule has 5 atom stereocenters. The van der Waals surface area contributed by atoms with Crippen molar-refractivity contribution in [3.8, 4) is 10.5 Å². The van der Waals surface area contributed by atoms with E-state index in [1.54, 1.807) is 0 Å². The van der Waals surface area contributed by atoms with Gasteiger partial charge < -0.3 is 0 Å². The zero-order chi connectivity index (χ0) is 17.3. The SMILES string of the molecule is C#[C][Mg][Br].C[C@]12CCC3C4CCC(=O)C=C4CCC3C1CCC2=O. The molecule has 4 aliphatic carbocycles. The summed E-state index contributed by atoms with van der Waals surface area (Å²) in [5.74, 6) is 3.66. The maximum Gasteiger partial charge on any atom is 0.568 e. The third-order valence-corrected chi connectivity index (χ3v) is 8.21. The number of fused-ring (bicyclic) bond motifs is 5. The van der Waals surface area contributed by atoms with Crippen molar-refractivity contribution in [3.05, 3.63) is 11.6 Å². The molecule has 126 valence electrons. The van der Waals surface area contributed by atoms with Crippen LogP contribution < -0.4 is 0 Å². The number of terminal acetylenes is 1. The van der Waals surface area contributed by atoms with Gasteiger partial charge in [-0.3, -0.25) is 26.5 Å². The van der Waals surface area contributed by atoms with Crippen molar-refractivity contribution >= 4 is 42.6 Å². The molecule has 0 heterocycles. The number of carbonyl (C=O) groups is 2. The predicted molar refractivity (Wildman–Crippen MR) is 101 cm³/mol. The zero-order valence-electron chi connectivity index (χ0n) is 14.5. The number of ketones is 2. The van der Waals surface area contributed by atoms with E-state index in [0.29, 0.717) is 23.4 Å². The average Bonchev–Trinajstić information content (AvgIpc) is 2.90. The lowest BCUT2D eigenvalue weighted by molar-refractivity contribution is -0.131. The average molecular weight is 402 g/mol. The standard InChI is InChI=1S/C18H24O2.C2H.BrH.Mg/c1-18-9-8-14-13-5-3-12(19)10-11(13)2-4-15(14)16(18)6-7-17(18)20;1-2;;/h10,13-16H,2-9H2,1H3;1H;1H;/q;;;+1/p-1/t13?,14?,15?,16?,18-;;;/m0.../s1. The van der Waals surface area contributed by atoms with Gasteiger partial charge in [-0.2, -0.15) is 6.42 Å². The van der Waals surface area contributed by atoms with E-state index in [1.165, 1.54) is 18.4 Å². The lowest BCUT2D eigenvalue weighted by atomic mass is 9.52. The van der Waals surface area contributed by atoms with Gasteiger partial charge in [0, 0.05) is 18.3 Å². The summed E-state index contributed by atoms with van der Waals surface area (Å²) in [7, 11) is 0. The van der Waals surface area contributed by atoms with E-state index in [-0.39, 0.29) is 23.6 Å². The number of Topliss-reactive ketones (excluding diaryl/α,β-unsaturated/α-hetero) is 1. The number of carbonyl (C=O) groups excluding carboxylic acids is 2. The molecule has 0 amide bonds. The minimum atomic E-state index is -0.235. The highest BCUT2D eigenvalue weighted by Crippen LogP contribution is 2.60. The maximum atomic E-state index is 12.3. The molecule has 2 nitrogen and oxygen atoms in total. The summed E-state index contributed by atoms with van der Waals surface area (Å²) in [5, 5.41) is 0. The van der Waals surface area contributed by atoms with Crippen molar-refractivity contribution in [2.45, 2.75) is 58.3 Å². The van der Waals surface area contributed by atoms with Gasteiger partial charge in [-0.1, -0.05) is 12.5 Å². The fourth-order valence-corrected chi connectivity index (χ4v) is 5.95. The Hall–Kier alpha value is -0.114. The molecule has 0 aliphatic heterocycles. The topological polar surface area (TPSA) is 34.1 Å². The minimum Gasteiger partial charge on any atom is -0.299 e. The molecule has 3 saturated carbocycles. The highest BCUT2D eigenvalue weighted by molar-refractivity contribution is 9.23. The summed E-state index contributed by atoms with van der Waals surface area (Å²) >= 11 is 2.92. The van der Waals surface area contributed by atoms with Crippen molar-refractivity contribution < 1.29 is 9.59 Å². The van der Waals surface area contributed by atoms with E-state index in [9.17, 15) is 9.59 Å². The van der Waals surface area contributed by atoms with Gasteiger partial charge >= 0.3 is 18.2 Å². The van der Waals surface area contributed by atoms with Gasteiger partial charge in [0.1, 0.15) is 5.78 Å². The zero-order valence-corrected chi connectivity index (χ0v) is 17.5. The van der Waals surface area contributed by atoms with Crippen molar-refractivity contribution in [2.24, 2.45) is 29.1 Å². The lowest BCUT2D eigenvalue weighted by Crippen LogP contribution is -2.46. The summed E-state index contributed by atoms with van der Waals surface area (Å²) in [6.07, 6.45) is 15.1. The first-order chi connectivity index (χ1) is 11.5. The number of halogens is 1. The molecule has 0 aromatic rings. The first kappa shape index (κ1) is 18.7. The fourth-order valence-electron chi connectivity index (χ4n) is 5.95. The van der Waals surface area contributed by atoms with E-state index in [1.807, 2.05) is 6.08 Å². The monoisotopic (exact) mass is 400 g/mol. The summed E-state index contributed by atoms with van der Waals surface area (Å²) in [5.41, 5.74) is 1.43. The van der Waals surface area contributed by atoms with Crippen LogP contribution in [0.25, 0.3) is 0 Å². The molecule has 4 heteroatoms. The molecule has 3 fully saturated rings. The Labute approximate surface area is 161 Å². The van der Waals surface area contributed by atoms with Crippen molar-refractivity contribution in [1.29, 1.82) is 0 Å². The van der Waals surface area contributed by atoms with Crippen molar-refractivity contribution in [2.75, 3.05) is 0 Å². The molecule has 0 bridgehead atoms. The third kappa shape index (κ3) is 3.29. The Balaban J connectivity index is 0.000000383. The van der Waals surface area contributed by atoms with Gasteiger partial charge in [0.2, 0.25) is 0 Å². The van der Waals surface area contributed by atoms with E-state index < -0.39 is 0 Å². The van der Waals surface area contributed by atoms with E-state index in [4.69, 9.17) is 6.42 Å².